The third kappa shape index (κ3) is 4.47. The summed E-state index contributed by atoms with van der Waals surface area (Å²) in [5, 5.41) is 5.03. The van der Waals surface area contributed by atoms with Crippen molar-refractivity contribution in [1.82, 2.24) is 0 Å². The molecule has 0 saturated carbocycles. The average Bonchev–Trinajstić information content (AvgIpc) is 2.28. The summed E-state index contributed by atoms with van der Waals surface area (Å²) in [6, 6.07) is 6.56. The van der Waals surface area contributed by atoms with Gasteiger partial charge in [-0.15, -0.1) is 23.2 Å². The number of benzene rings is 1. The van der Waals surface area contributed by atoms with Crippen molar-refractivity contribution in [2.24, 2.45) is 5.14 Å². The first-order valence-electron chi connectivity index (χ1n) is 5.23. The van der Waals surface area contributed by atoms with E-state index >= 15 is 0 Å². The maximum absolute atomic E-state index is 11.1. The van der Waals surface area contributed by atoms with Crippen LogP contribution < -0.4 is 5.14 Å². The Balaban J connectivity index is 2.91. The van der Waals surface area contributed by atoms with Gasteiger partial charge in [0.05, 0.1) is 4.90 Å². The molecule has 96 valence electrons. The van der Waals surface area contributed by atoms with Crippen LogP contribution in [-0.2, 0) is 10.0 Å². The number of halogens is 2. The monoisotopic (exact) mass is 295 g/mol. The highest BCUT2D eigenvalue weighted by Crippen LogP contribution is 2.25. The fourth-order valence-electron chi connectivity index (χ4n) is 1.67. The highest BCUT2D eigenvalue weighted by Gasteiger charge is 2.12. The number of nitrogens with two attached hydrogens (primary N) is 1. The molecule has 1 aromatic rings. The van der Waals surface area contributed by atoms with E-state index < -0.39 is 10.0 Å². The summed E-state index contributed by atoms with van der Waals surface area (Å²) in [5.74, 6) is 1.37. The van der Waals surface area contributed by atoms with Gasteiger partial charge in [-0.3, -0.25) is 0 Å². The van der Waals surface area contributed by atoms with E-state index in [9.17, 15) is 8.42 Å². The molecule has 0 spiro atoms. The van der Waals surface area contributed by atoms with Crippen LogP contribution in [-0.4, -0.2) is 20.2 Å². The minimum atomic E-state index is -3.62. The lowest BCUT2D eigenvalue weighted by Crippen LogP contribution is -2.12. The molecule has 17 heavy (non-hydrogen) atoms. The molecule has 0 saturated heterocycles. The van der Waals surface area contributed by atoms with Crippen molar-refractivity contribution >= 4 is 33.2 Å². The van der Waals surface area contributed by atoms with Gasteiger partial charge in [0.2, 0.25) is 10.0 Å². The summed E-state index contributed by atoms with van der Waals surface area (Å²) in [4.78, 5) is 0.122. The molecule has 3 nitrogen and oxygen atoms in total. The quantitative estimate of drug-likeness (QED) is 0.820. The van der Waals surface area contributed by atoms with Gasteiger partial charge in [0.25, 0.3) is 0 Å². The van der Waals surface area contributed by atoms with E-state index in [1.165, 1.54) is 12.1 Å². The van der Waals surface area contributed by atoms with Gasteiger partial charge in [-0.1, -0.05) is 12.1 Å². The van der Waals surface area contributed by atoms with E-state index in [0.29, 0.717) is 11.8 Å². The molecule has 1 rings (SSSR count). The average molecular weight is 296 g/mol. The van der Waals surface area contributed by atoms with E-state index in [1.807, 2.05) is 0 Å². The Morgan fingerprint density at radius 3 is 1.88 bits per heavy atom. The molecule has 2 N–H and O–H groups in total. The standard InChI is InChI=1S/C11H15Cl2NO2S/c12-7-5-10(6-8-13)9-1-3-11(4-2-9)17(14,15)16/h1-4,10H,5-8H2,(H2,14,15,16). The van der Waals surface area contributed by atoms with Gasteiger partial charge in [0.1, 0.15) is 0 Å². The fourth-order valence-corrected chi connectivity index (χ4v) is 2.71. The van der Waals surface area contributed by atoms with Gasteiger partial charge in [-0.05, 0) is 36.5 Å². The zero-order valence-electron chi connectivity index (χ0n) is 9.27. The molecule has 0 unspecified atom stereocenters. The molecule has 0 heterocycles. The molecule has 0 aliphatic rings. The van der Waals surface area contributed by atoms with Crippen LogP contribution in [0, 0.1) is 0 Å². The number of sulfonamides is 1. The number of rotatable bonds is 6. The van der Waals surface area contributed by atoms with Crippen molar-refractivity contribution < 1.29 is 8.42 Å². The van der Waals surface area contributed by atoms with Gasteiger partial charge < -0.3 is 0 Å². The van der Waals surface area contributed by atoms with E-state index in [0.717, 1.165) is 18.4 Å². The summed E-state index contributed by atoms with van der Waals surface area (Å²) in [5.41, 5.74) is 1.04. The van der Waals surface area contributed by atoms with E-state index in [2.05, 4.69) is 0 Å². The maximum Gasteiger partial charge on any atom is 0.238 e. The first-order valence-corrected chi connectivity index (χ1v) is 7.85. The normalized spacial score (nSPS) is 12.0. The molecule has 0 radical (unpaired) electrons. The van der Waals surface area contributed by atoms with E-state index in [4.69, 9.17) is 28.3 Å². The zero-order valence-corrected chi connectivity index (χ0v) is 11.6. The lowest BCUT2D eigenvalue weighted by molar-refractivity contribution is 0.597. The minimum absolute atomic E-state index is 0.122. The molecular weight excluding hydrogens is 281 g/mol. The third-order valence-corrected chi connectivity index (χ3v) is 3.96. The number of hydrogen-bond acceptors (Lipinski definition) is 2. The Hall–Kier alpha value is -0.290. The predicted octanol–water partition coefficient (Wildman–Crippen LogP) is 2.68. The van der Waals surface area contributed by atoms with Gasteiger partial charge in [0.15, 0.2) is 0 Å². The van der Waals surface area contributed by atoms with Crippen molar-refractivity contribution in [2.75, 3.05) is 11.8 Å². The Morgan fingerprint density at radius 1 is 1.06 bits per heavy atom. The molecule has 6 heteroatoms. The van der Waals surface area contributed by atoms with Crippen molar-refractivity contribution in [1.29, 1.82) is 0 Å². The molecule has 0 bridgehead atoms. The summed E-state index contributed by atoms with van der Waals surface area (Å²) >= 11 is 11.5. The summed E-state index contributed by atoms with van der Waals surface area (Å²) in [7, 11) is -3.62. The first kappa shape index (κ1) is 14.8. The smallest absolute Gasteiger partial charge is 0.225 e. The molecule has 0 fully saturated rings. The number of alkyl halides is 2. The lowest BCUT2D eigenvalue weighted by atomic mass is 9.94. The molecule has 0 aliphatic heterocycles. The molecule has 0 atom stereocenters. The predicted molar refractivity (Wildman–Crippen MR) is 71.2 cm³/mol. The van der Waals surface area contributed by atoms with Crippen molar-refractivity contribution in [3.63, 3.8) is 0 Å². The van der Waals surface area contributed by atoms with Gasteiger partial charge in [0, 0.05) is 11.8 Å². The lowest BCUT2D eigenvalue weighted by Gasteiger charge is -2.14. The highest BCUT2D eigenvalue weighted by molar-refractivity contribution is 7.89. The molecule has 0 aromatic heterocycles. The second-order valence-electron chi connectivity index (χ2n) is 3.77. The largest absolute Gasteiger partial charge is 0.238 e. The van der Waals surface area contributed by atoms with E-state index in [1.54, 1.807) is 12.1 Å². The molecule has 0 aliphatic carbocycles. The van der Waals surface area contributed by atoms with Crippen LogP contribution in [0.1, 0.15) is 24.3 Å². The van der Waals surface area contributed by atoms with Crippen LogP contribution in [0.4, 0.5) is 0 Å². The van der Waals surface area contributed by atoms with Gasteiger partial charge in [-0.2, -0.15) is 0 Å². The Bertz CT molecular complexity index is 439. The van der Waals surface area contributed by atoms with Gasteiger partial charge in [-0.25, -0.2) is 13.6 Å². The molecule has 1 aromatic carbocycles. The first-order chi connectivity index (χ1) is 7.99. The SMILES string of the molecule is NS(=O)(=O)c1ccc(C(CCCl)CCCl)cc1. The third-order valence-electron chi connectivity index (χ3n) is 2.60. The van der Waals surface area contributed by atoms with Crippen molar-refractivity contribution in [3.8, 4) is 0 Å². The van der Waals surface area contributed by atoms with Crippen LogP contribution in [0.25, 0.3) is 0 Å². The molecule has 0 amide bonds. The van der Waals surface area contributed by atoms with Crippen molar-refractivity contribution in [3.05, 3.63) is 29.8 Å². The maximum atomic E-state index is 11.1. The Kier molecular flexibility index (Phi) is 5.73. The molecular formula is C11H15Cl2NO2S. The second kappa shape index (κ2) is 6.59. The Labute approximate surface area is 112 Å². The van der Waals surface area contributed by atoms with Crippen LogP contribution >= 0.6 is 23.2 Å². The second-order valence-corrected chi connectivity index (χ2v) is 6.08. The minimum Gasteiger partial charge on any atom is -0.225 e. The zero-order chi connectivity index (χ0) is 12.9. The topological polar surface area (TPSA) is 60.2 Å². The fraction of sp³-hybridized carbons (Fsp3) is 0.455. The van der Waals surface area contributed by atoms with Crippen LogP contribution in [0.3, 0.4) is 0 Å². The summed E-state index contributed by atoms with van der Waals surface area (Å²) in [6.07, 6.45) is 1.64. The van der Waals surface area contributed by atoms with Crippen molar-refractivity contribution in [2.45, 2.75) is 23.7 Å². The van der Waals surface area contributed by atoms with Crippen LogP contribution in [0.2, 0.25) is 0 Å². The van der Waals surface area contributed by atoms with Crippen LogP contribution in [0.5, 0.6) is 0 Å². The summed E-state index contributed by atoms with van der Waals surface area (Å²) in [6.45, 7) is 0. The Morgan fingerprint density at radius 2 is 1.53 bits per heavy atom. The highest BCUT2D eigenvalue weighted by atomic mass is 35.5. The number of hydrogen-bond donors (Lipinski definition) is 1. The summed E-state index contributed by atoms with van der Waals surface area (Å²) < 4.78 is 22.2. The number of primary sulfonamides is 1. The van der Waals surface area contributed by atoms with Gasteiger partial charge >= 0.3 is 0 Å². The van der Waals surface area contributed by atoms with E-state index in [-0.39, 0.29) is 10.8 Å². The van der Waals surface area contributed by atoms with Crippen LogP contribution in [0.15, 0.2) is 29.2 Å².